The van der Waals surface area contributed by atoms with Crippen LogP contribution in [0.2, 0.25) is 0 Å². The van der Waals surface area contributed by atoms with Crippen LogP contribution in [0.25, 0.3) is 17.2 Å². The molecule has 3 aliphatic rings. The van der Waals surface area contributed by atoms with Crippen molar-refractivity contribution >= 4 is 23.0 Å². The molecule has 0 radical (unpaired) electrons. The van der Waals surface area contributed by atoms with Crippen molar-refractivity contribution in [3.05, 3.63) is 77.0 Å². The molecule has 0 bridgehead atoms. The highest BCUT2D eigenvalue weighted by atomic mass is 16.1. The van der Waals surface area contributed by atoms with Gasteiger partial charge >= 0.3 is 0 Å². The number of nitrogens with one attached hydrogen (secondary N) is 1. The predicted octanol–water partition coefficient (Wildman–Crippen LogP) is 8.92. The van der Waals surface area contributed by atoms with Gasteiger partial charge in [0.2, 0.25) is 0 Å². The Morgan fingerprint density at radius 3 is 2.52 bits per heavy atom. The molecule has 40 heavy (non-hydrogen) atoms. The number of carbonyl (C=O) groups excluding carboxylic acids is 1. The summed E-state index contributed by atoms with van der Waals surface area (Å²) in [4.78, 5) is 17.3. The molecule has 0 amide bonds. The largest absolute Gasteiger partial charge is 0.361 e. The van der Waals surface area contributed by atoms with E-state index in [9.17, 15) is 4.79 Å². The smallest absolute Gasteiger partial charge is 0.159 e. The third kappa shape index (κ3) is 7.77. The molecule has 1 N–H and O–H groups in total. The van der Waals surface area contributed by atoms with Gasteiger partial charge in [-0.3, -0.25) is 4.79 Å². The fourth-order valence-corrected chi connectivity index (χ4v) is 7.40. The van der Waals surface area contributed by atoms with Gasteiger partial charge in [-0.1, -0.05) is 93.2 Å². The highest BCUT2D eigenvalue weighted by molar-refractivity contribution is 5.98. The highest BCUT2D eigenvalue weighted by Gasteiger charge is 2.46. The first-order chi connectivity index (χ1) is 19.5. The number of carbonyl (C=O) groups is 1. The zero-order valence-corrected chi connectivity index (χ0v) is 25.1. The minimum absolute atomic E-state index is 0.168. The van der Waals surface area contributed by atoms with Crippen LogP contribution in [0.15, 0.2) is 60.8 Å². The first-order valence-electron chi connectivity index (χ1n) is 16.3. The summed E-state index contributed by atoms with van der Waals surface area (Å²) in [5.74, 6) is 1.75. The molecule has 0 aliphatic heterocycles. The number of rotatable bonds is 4. The number of hydrogen-bond donors (Lipinski definition) is 1. The van der Waals surface area contributed by atoms with E-state index in [0.29, 0.717) is 23.0 Å². The molecule has 1 aromatic carbocycles. The Bertz CT molecular complexity index is 1290. The zero-order valence-electron chi connectivity index (χ0n) is 25.1. The van der Waals surface area contributed by atoms with Gasteiger partial charge in [0.25, 0.3) is 0 Å². The Morgan fingerprint density at radius 2 is 1.73 bits per heavy atom. The second kappa shape index (κ2) is 13.8. The van der Waals surface area contributed by atoms with Gasteiger partial charge in [-0.2, -0.15) is 0 Å². The standard InChI is InChI=1S/C38H51NO/c1-29-14-8-6-13-19-34(35-22-25-39-36(35)21-20-29)32-17-9-4-3-5-10-18-33(28-38(27-32)23-24-38)37(40)26-30(2)31-15-11-7-12-16-31/h7-8,11-12,14-16,21-22,25-26,29,32-33,39H,3-6,9-10,13,17-20,23-24,27-28H2,1-2H3/b14-8?,30-26-,35-34?,36-21?. The van der Waals surface area contributed by atoms with Crippen molar-refractivity contribution in [1.82, 2.24) is 4.98 Å². The number of H-pyrrole nitrogens is 1. The van der Waals surface area contributed by atoms with E-state index >= 15 is 0 Å². The maximum Gasteiger partial charge on any atom is 0.159 e. The minimum atomic E-state index is 0.168. The third-order valence-corrected chi connectivity index (χ3v) is 10.0. The summed E-state index contributed by atoms with van der Waals surface area (Å²) in [6, 6.07) is 12.8. The highest BCUT2D eigenvalue weighted by Crippen LogP contribution is 2.57. The Labute approximate surface area is 242 Å². The maximum absolute atomic E-state index is 13.7. The molecule has 214 valence electrons. The predicted molar refractivity (Wildman–Crippen MR) is 170 cm³/mol. The van der Waals surface area contributed by atoms with E-state index in [4.69, 9.17) is 0 Å². The molecule has 2 aromatic rings. The van der Waals surface area contributed by atoms with Crippen LogP contribution < -0.4 is 10.6 Å². The van der Waals surface area contributed by atoms with Crippen LogP contribution >= 0.6 is 0 Å². The molecule has 1 spiro atoms. The van der Waals surface area contributed by atoms with Crippen LogP contribution in [0.1, 0.15) is 116 Å². The topological polar surface area (TPSA) is 32.9 Å². The summed E-state index contributed by atoms with van der Waals surface area (Å²) in [5, 5.41) is 2.82. The number of benzene rings is 1. The summed E-state index contributed by atoms with van der Waals surface area (Å²) in [7, 11) is 0. The molecule has 3 unspecified atom stereocenters. The average molecular weight is 538 g/mol. The number of aromatic amines is 1. The first kappa shape index (κ1) is 28.9. The normalized spacial score (nSPS) is 26.5. The van der Waals surface area contributed by atoms with Crippen LogP contribution in [-0.4, -0.2) is 10.8 Å². The monoisotopic (exact) mass is 537 g/mol. The molecular weight excluding hydrogens is 486 g/mol. The molecule has 2 fully saturated rings. The van der Waals surface area contributed by atoms with Crippen LogP contribution in [0.4, 0.5) is 0 Å². The summed E-state index contributed by atoms with van der Waals surface area (Å²) in [5.41, 5.74) is 4.32. The molecule has 3 aliphatic carbocycles. The number of aromatic nitrogens is 1. The Kier molecular flexibility index (Phi) is 10.00. The lowest BCUT2D eigenvalue weighted by Gasteiger charge is -2.29. The number of ketones is 1. The van der Waals surface area contributed by atoms with E-state index in [1.807, 2.05) is 12.1 Å². The van der Waals surface area contributed by atoms with Crippen molar-refractivity contribution < 1.29 is 4.79 Å². The molecule has 2 heteroatoms. The van der Waals surface area contributed by atoms with E-state index in [-0.39, 0.29) is 5.92 Å². The third-order valence-electron chi connectivity index (χ3n) is 10.0. The summed E-state index contributed by atoms with van der Waals surface area (Å²) in [6.07, 6.45) is 29.8. The van der Waals surface area contributed by atoms with Crippen molar-refractivity contribution in [3.8, 4) is 0 Å². The van der Waals surface area contributed by atoms with E-state index in [2.05, 4.69) is 73.6 Å². The fraction of sp³-hybridized carbons (Fsp3) is 0.553. The van der Waals surface area contributed by atoms with Crippen molar-refractivity contribution in [1.29, 1.82) is 0 Å². The lowest BCUT2D eigenvalue weighted by atomic mass is 9.75. The minimum Gasteiger partial charge on any atom is -0.361 e. The van der Waals surface area contributed by atoms with Gasteiger partial charge in [0.05, 0.1) is 0 Å². The average Bonchev–Trinajstić information content (AvgIpc) is 3.56. The zero-order chi connectivity index (χ0) is 27.8. The van der Waals surface area contributed by atoms with Gasteiger partial charge in [0.15, 0.2) is 5.78 Å². The molecule has 2 saturated carbocycles. The van der Waals surface area contributed by atoms with E-state index < -0.39 is 0 Å². The lowest BCUT2D eigenvalue weighted by molar-refractivity contribution is -0.119. The first-order valence-corrected chi connectivity index (χ1v) is 16.3. The molecule has 5 rings (SSSR count). The molecule has 1 heterocycles. The molecule has 3 atom stereocenters. The van der Waals surface area contributed by atoms with E-state index in [0.717, 1.165) is 30.4 Å². The van der Waals surface area contributed by atoms with Gasteiger partial charge in [-0.05, 0) is 117 Å². The van der Waals surface area contributed by atoms with Crippen molar-refractivity contribution in [2.24, 2.45) is 23.2 Å². The quantitative estimate of drug-likeness (QED) is 0.306. The fourth-order valence-electron chi connectivity index (χ4n) is 7.40. The second-order valence-electron chi connectivity index (χ2n) is 13.3. The lowest BCUT2D eigenvalue weighted by Crippen LogP contribution is -2.29. The Balaban J connectivity index is 1.42. The summed E-state index contributed by atoms with van der Waals surface area (Å²) < 4.78 is 0. The number of allylic oxidation sites excluding steroid dienone is 4. The number of fused-ring (bicyclic) bond motifs is 1. The maximum atomic E-state index is 13.7. The Hall–Kier alpha value is -2.61. The van der Waals surface area contributed by atoms with E-state index in [1.54, 1.807) is 5.57 Å². The molecule has 1 aromatic heterocycles. The van der Waals surface area contributed by atoms with E-state index in [1.165, 1.54) is 87.6 Å². The van der Waals surface area contributed by atoms with Crippen LogP contribution in [-0.2, 0) is 4.79 Å². The molecule has 0 saturated heterocycles. The van der Waals surface area contributed by atoms with Crippen LogP contribution in [0.5, 0.6) is 0 Å². The van der Waals surface area contributed by atoms with Gasteiger partial charge < -0.3 is 4.98 Å². The van der Waals surface area contributed by atoms with Gasteiger partial charge in [0, 0.05) is 17.5 Å². The van der Waals surface area contributed by atoms with Crippen molar-refractivity contribution in [2.75, 3.05) is 0 Å². The Morgan fingerprint density at radius 1 is 0.950 bits per heavy atom. The molecular formula is C38H51NO. The summed E-state index contributed by atoms with van der Waals surface area (Å²) in [6.45, 7) is 4.43. The summed E-state index contributed by atoms with van der Waals surface area (Å²) >= 11 is 0. The number of hydrogen-bond acceptors (Lipinski definition) is 1. The SMILES string of the molecule is C/C(=C/C(=O)C1CCCCCCCC(C2=c3cc[nH]c3=CCC(C)C=CCCC2)CC2(CC2)C1)c1ccccc1. The van der Waals surface area contributed by atoms with Crippen molar-refractivity contribution in [2.45, 2.75) is 110 Å². The van der Waals surface area contributed by atoms with Crippen molar-refractivity contribution in [3.63, 3.8) is 0 Å². The van der Waals surface area contributed by atoms with Crippen LogP contribution in [0, 0.1) is 23.2 Å². The van der Waals surface area contributed by atoms with Gasteiger partial charge in [-0.15, -0.1) is 0 Å². The van der Waals surface area contributed by atoms with Gasteiger partial charge in [-0.25, -0.2) is 0 Å². The van der Waals surface area contributed by atoms with Gasteiger partial charge in [0.1, 0.15) is 0 Å². The molecule has 2 nitrogen and oxygen atoms in total. The second-order valence-corrected chi connectivity index (χ2v) is 13.3. The van der Waals surface area contributed by atoms with Crippen LogP contribution in [0.3, 0.4) is 0 Å².